The quantitative estimate of drug-likeness (QED) is 0.696. The molecule has 0 spiro atoms. The highest BCUT2D eigenvalue weighted by Crippen LogP contribution is 2.07. The highest BCUT2D eigenvalue weighted by molar-refractivity contribution is 6.17. The van der Waals surface area contributed by atoms with Crippen LogP contribution in [0.4, 0.5) is 5.95 Å². The average molecular weight is 200 g/mol. The minimum absolute atomic E-state index is 0.471. The fourth-order valence-corrected chi connectivity index (χ4v) is 1.22. The Morgan fingerprint density at radius 2 is 1.77 bits per heavy atom. The first-order chi connectivity index (χ1) is 6.31. The molecule has 0 aliphatic carbocycles. The van der Waals surface area contributed by atoms with Crippen LogP contribution in [0.25, 0.3) is 0 Å². The zero-order chi connectivity index (χ0) is 9.68. The van der Waals surface area contributed by atoms with Crippen molar-refractivity contribution >= 4 is 17.5 Å². The monoisotopic (exact) mass is 199 g/mol. The van der Waals surface area contributed by atoms with Gasteiger partial charge in [-0.25, -0.2) is 9.97 Å². The summed E-state index contributed by atoms with van der Waals surface area (Å²) >= 11 is 5.63. The van der Waals surface area contributed by atoms with E-state index in [2.05, 4.69) is 28.7 Å². The van der Waals surface area contributed by atoms with Gasteiger partial charge >= 0.3 is 0 Å². The minimum Gasteiger partial charge on any atom is -0.341 e. The van der Waals surface area contributed by atoms with E-state index >= 15 is 0 Å². The highest BCUT2D eigenvalue weighted by atomic mass is 35.5. The lowest BCUT2D eigenvalue weighted by molar-refractivity contribution is 0.818. The van der Waals surface area contributed by atoms with Crippen molar-refractivity contribution in [3.63, 3.8) is 0 Å². The Hall–Kier alpha value is -0.830. The Balaban J connectivity index is 2.78. The number of hydrogen-bond acceptors (Lipinski definition) is 3. The molecule has 1 aromatic rings. The molecule has 0 atom stereocenters. The molecule has 72 valence electrons. The second-order valence-electron chi connectivity index (χ2n) is 2.70. The average Bonchev–Trinajstić information content (AvgIpc) is 2.21. The van der Waals surface area contributed by atoms with Gasteiger partial charge in [-0.15, -0.1) is 11.6 Å². The summed E-state index contributed by atoms with van der Waals surface area (Å²) in [6.45, 7) is 6.03. The van der Waals surface area contributed by atoms with Crippen LogP contribution < -0.4 is 4.90 Å². The molecule has 0 aromatic carbocycles. The SMILES string of the molecule is CCN(CC)c1ncc(CCl)cn1. The second-order valence-corrected chi connectivity index (χ2v) is 2.96. The lowest BCUT2D eigenvalue weighted by Gasteiger charge is -2.17. The summed E-state index contributed by atoms with van der Waals surface area (Å²) in [7, 11) is 0. The first-order valence-corrected chi connectivity index (χ1v) is 4.97. The van der Waals surface area contributed by atoms with E-state index in [1.54, 1.807) is 12.4 Å². The van der Waals surface area contributed by atoms with Crippen LogP contribution in [0.2, 0.25) is 0 Å². The minimum atomic E-state index is 0.471. The van der Waals surface area contributed by atoms with Gasteiger partial charge < -0.3 is 4.90 Å². The summed E-state index contributed by atoms with van der Waals surface area (Å²) in [5, 5.41) is 0. The van der Waals surface area contributed by atoms with Crippen LogP contribution in [0.15, 0.2) is 12.4 Å². The molecule has 0 saturated carbocycles. The lowest BCUT2D eigenvalue weighted by atomic mass is 10.4. The molecule has 0 aliphatic rings. The summed E-state index contributed by atoms with van der Waals surface area (Å²) < 4.78 is 0. The molecule has 3 nitrogen and oxygen atoms in total. The van der Waals surface area contributed by atoms with Gasteiger partial charge in [-0.05, 0) is 13.8 Å². The van der Waals surface area contributed by atoms with Gasteiger partial charge in [-0.2, -0.15) is 0 Å². The van der Waals surface area contributed by atoms with Crippen LogP contribution in [0.1, 0.15) is 19.4 Å². The number of aromatic nitrogens is 2. The number of anilines is 1. The first-order valence-electron chi connectivity index (χ1n) is 4.43. The van der Waals surface area contributed by atoms with E-state index < -0.39 is 0 Å². The normalized spacial score (nSPS) is 10.1. The predicted molar refractivity (Wildman–Crippen MR) is 55.2 cm³/mol. The van der Waals surface area contributed by atoms with E-state index in [0.29, 0.717) is 5.88 Å². The third-order valence-corrected chi connectivity index (χ3v) is 2.20. The lowest BCUT2D eigenvalue weighted by Crippen LogP contribution is -2.24. The maximum Gasteiger partial charge on any atom is 0.225 e. The predicted octanol–water partition coefficient (Wildman–Crippen LogP) is 2.06. The molecule has 1 rings (SSSR count). The van der Waals surface area contributed by atoms with Crippen LogP contribution in [-0.4, -0.2) is 23.1 Å². The van der Waals surface area contributed by atoms with Crippen molar-refractivity contribution in [2.45, 2.75) is 19.7 Å². The first kappa shape index (κ1) is 10.3. The standard InChI is InChI=1S/C9H14ClN3/c1-3-13(4-2)9-11-6-8(5-10)7-12-9/h6-7H,3-5H2,1-2H3. The smallest absolute Gasteiger partial charge is 0.225 e. The molecule has 0 unspecified atom stereocenters. The number of rotatable bonds is 4. The van der Waals surface area contributed by atoms with Crippen molar-refractivity contribution in [1.29, 1.82) is 0 Å². The van der Waals surface area contributed by atoms with Crippen LogP contribution in [0.3, 0.4) is 0 Å². The topological polar surface area (TPSA) is 29.0 Å². The maximum atomic E-state index is 5.63. The van der Waals surface area contributed by atoms with Crippen LogP contribution in [0, 0.1) is 0 Å². The van der Waals surface area contributed by atoms with Crippen molar-refractivity contribution in [1.82, 2.24) is 9.97 Å². The van der Waals surface area contributed by atoms with Crippen LogP contribution in [0.5, 0.6) is 0 Å². The third-order valence-electron chi connectivity index (χ3n) is 1.89. The summed E-state index contributed by atoms with van der Waals surface area (Å²) in [6, 6.07) is 0. The van der Waals surface area contributed by atoms with Crippen LogP contribution >= 0.6 is 11.6 Å². The van der Waals surface area contributed by atoms with Gasteiger partial charge in [0, 0.05) is 31.0 Å². The van der Waals surface area contributed by atoms with E-state index in [-0.39, 0.29) is 0 Å². The molecular weight excluding hydrogens is 186 g/mol. The van der Waals surface area contributed by atoms with Gasteiger partial charge in [0.25, 0.3) is 0 Å². The third kappa shape index (κ3) is 2.56. The zero-order valence-corrected chi connectivity index (χ0v) is 8.75. The van der Waals surface area contributed by atoms with Crippen molar-refractivity contribution in [3.8, 4) is 0 Å². The number of alkyl halides is 1. The number of halogens is 1. The van der Waals surface area contributed by atoms with Gasteiger partial charge in [-0.1, -0.05) is 0 Å². The Bertz CT molecular complexity index is 244. The fraction of sp³-hybridized carbons (Fsp3) is 0.556. The van der Waals surface area contributed by atoms with Crippen molar-refractivity contribution in [3.05, 3.63) is 18.0 Å². The van der Waals surface area contributed by atoms with Gasteiger partial charge in [0.15, 0.2) is 0 Å². The fourth-order valence-electron chi connectivity index (χ4n) is 1.09. The summed E-state index contributed by atoms with van der Waals surface area (Å²) in [6.07, 6.45) is 3.54. The van der Waals surface area contributed by atoms with Crippen LogP contribution in [-0.2, 0) is 5.88 Å². The Morgan fingerprint density at radius 3 is 2.15 bits per heavy atom. The van der Waals surface area contributed by atoms with E-state index in [0.717, 1.165) is 24.6 Å². The molecule has 1 aromatic heterocycles. The molecule has 0 aliphatic heterocycles. The maximum absolute atomic E-state index is 5.63. The van der Waals surface area contributed by atoms with Gasteiger partial charge in [-0.3, -0.25) is 0 Å². The number of nitrogens with zero attached hydrogens (tertiary/aromatic N) is 3. The van der Waals surface area contributed by atoms with E-state index in [4.69, 9.17) is 11.6 Å². The van der Waals surface area contributed by atoms with Crippen molar-refractivity contribution in [2.75, 3.05) is 18.0 Å². The van der Waals surface area contributed by atoms with Gasteiger partial charge in [0.1, 0.15) is 0 Å². The molecule has 13 heavy (non-hydrogen) atoms. The van der Waals surface area contributed by atoms with E-state index in [1.807, 2.05) is 0 Å². The van der Waals surface area contributed by atoms with Crippen molar-refractivity contribution in [2.24, 2.45) is 0 Å². The summed E-state index contributed by atoms with van der Waals surface area (Å²) in [4.78, 5) is 10.5. The second kappa shape index (κ2) is 5.02. The van der Waals surface area contributed by atoms with Gasteiger partial charge in [0.05, 0.1) is 5.88 Å². The number of hydrogen-bond donors (Lipinski definition) is 0. The molecule has 0 bridgehead atoms. The van der Waals surface area contributed by atoms with E-state index in [9.17, 15) is 0 Å². The highest BCUT2D eigenvalue weighted by Gasteiger charge is 2.03. The molecule has 0 fully saturated rings. The Kier molecular flexibility index (Phi) is 3.96. The molecule has 0 amide bonds. The van der Waals surface area contributed by atoms with E-state index in [1.165, 1.54) is 0 Å². The Labute approximate surface area is 83.8 Å². The molecular formula is C9H14ClN3. The Morgan fingerprint density at radius 1 is 1.23 bits per heavy atom. The largest absolute Gasteiger partial charge is 0.341 e. The zero-order valence-electron chi connectivity index (χ0n) is 8.00. The molecule has 0 N–H and O–H groups in total. The molecule has 1 heterocycles. The molecule has 4 heteroatoms. The van der Waals surface area contributed by atoms with Gasteiger partial charge in [0.2, 0.25) is 5.95 Å². The van der Waals surface area contributed by atoms with Crippen molar-refractivity contribution < 1.29 is 0 Å². The summed E-state index contributed by atoms with van der Waals surface area (Å²) in [5.74, 6) is 1.25. The molecule has 0 radical (unpaired) electrons. The summed E-state index contributed by atoms with van der Waals surface area (Å²) in [5.41, 5.74) is 0.956. The molecule has 0 saturated heterocycles.